The molecule has 1 N–H and O–H groups in total. The fraction of sp³-hybridized carbons (Fsp3) is 0.500. The highest BCUT2D eigenvalue weighted by Crippen LogP contribution is 2.31. The Balaban J connectivity index is 1.50. The molecule has 0 spiro atoms. The van der Waals surface area contributed by atoms with Crippen LogP contribution in [-0.4, -0.2) is 66.8 Å². The molecule has 0 unspecified atom stereocenters. The average Bonchev–Trinajstić information content (AvgIpc) is 2.89. The summed E-state index contributed by atoms with van der Waals surface area (Å²) in [6, 6.07) is 15.7. The van der Waals surface area contributed by atoms with E-state index >= 15 is 0 Å². The van der Waals surface area contributed by atoms with Gasteiger partial charge in [-0.1, -0.05) is 43.7 Å². The lowest BCUT2D eigenvalue weighted by atomic mass is 9.85. The SMILES string of the molecule is CC[C@@H](C(=O)N1CCN(c2ccc(NC(=O)C3CCC3)cc2C(=O)N(CC)CC)CC1)c1ccccc1. The third-order valence-corrected chi connectivity index (χ3v) is 7.86. The number of nitrogens with one attached hydrogen (secondary N) is 1. The van der Waals surface area contributed by atoms with Gasteiger partial charge in [0.15, 0.2) is 0 Å². The highest BCUT2D eigenvalue weighted by molar-refractivity contribution is 6.02. The molecule has 7 nitrogen and oxygen atoms in total. The van der Waals surface area contributed by atoms with Crippen LogP contribution in [-0.2, 0) is 9.59 Å². The molecule has 2 aromatic carbocycles. The smallest absolute Gasteiger partial charge is 0.256 e. The maximum atomic E-state index is 13.5. The lowest BCUT2D eigenvalue weighted by Crippen LogP contribution is -2.50. The van der Waals surface area contributed by atoms with Crippen LogP contribution in [0.25, 0.3) is 0 Å². The molecular formula is C30H40N4O3. The molecule has 1 heterocycles. The number of carbonyl (C=O) groups is 3. The monoisotopic (exact) mass is 504 g/mol. The summed E-state index contributed by atoms with van der Waals surface area (Å²) in [5, 5.41) is 3.02. The summed E-state index contributed by atoms with van der Waals surface area (Å²) in [6.45, 7) is 9.79. The van der Waals surface area contributed by atoms with Crippen LogP contribution in [0.15, 0.2) is 48.5 Å². The van der Waals surface area contributed by atoms with Gasteiger partial charge >= 0.3 is 0 Å². The van der Waals surface area contributed by atoms with Crippen LogP contribution in [0.1, 0.15) is 68.3 Å². The minimum absolute atomic E-state index is 0.0339. The average molecular weight is 505 g/mol. The maximum Gasteiger partial charge on any atom is 0.256 e. The molecule has 0 radical (unpaired) electrons. The van der Waals surface area contributed by atoms with E-state index in [1.54, 1.807) is 0 Å². The van der Waals surface area contributed by atoms with Crippen molar-refractivity contribution in [1.82, 2.24) is 9.80 Å². The van der Waals surface area contributed by atoms with Crippen molar-refractivity contribution in [2.45, 2.75) is 52.4 Å². The number of amides is 3. The molecule has 1 saturated heterocycles. The molecule has 37 heavy (non-hydrogen) atoms. The van der Waals surface area contributed by atoms with Crippen molar-refractivity contribution in [2.24, 2.45) is 5.92 Å². The van der Waals surface area contributed by atoms with E-state index in [4.69, 9.17) is 0 Å². The van der Waals surface area contributed by atoms with Gasteiger partial charge in [-0.25, -0.2) is 0 Å². The third-order valence-electron chi connectivity index (χ3n) is 7.86. The minimum atomic E-state index is -0.133. The quantitative estimate of drug-likeness (QED) is 0.535. The standard InChI is InChI=1S/C30H40N4O3/c1-4-25(22-11-8-7-9-12-22)29(36)34-19-17-33(18-20-34)27-16-15-24(31-28(35)23-13-10-14-23)21-26(27)30(37)32(5-2)6-3/h7-9,11-12,15-16,21,23,25H,4-6,10,13-14,17-20H2,1-3H3,(H,31,35)/t25-/m1/s1. The van der Waals surface area contributed by atoms with Gasteiger partial charge in [0.1, 0.15) is 0 Å². The lowest BCUT2D eigenvalue weighted by Gasteiger charge is -2.38. The van der Waals surface area contributed by atoms with E-state index < -0.39 is 0 Å². The number of nitrogens with zero attached hydrogens (tertiary/aromatic N) is 3. The minimum Gasteiger partial charge on any atom is -0.367 e. The van der Waals surface area contributed by atoms with Crippen molar-refractivity contribution in [2.75, 3.05) is 49.5 Å². The van der Waals surface area contributed by atoms with Crippen LogP contribution in [0.3, 0.4) is 0 Å². The van der Waals surface area contributed by atoms with E-state index in [2.05, 4.69) is 17.1 Å². The van der Waals surface area contributed by atoms with Crippen molar-refractivity contribution in [3.8, 4) is 0 Å². The Labute approximate surface area is 220 Å². The van der Waals surface area contributed by atoms with Crippen LogP contribution in [0.4, 0.5) is 11.4 Å². The van der Waals surface area contributed by atoms with Gasteiger partial charge < -0.3 is 20.0 Å². The molecule has 198 valence electrons. The Morgan fingerprint density at radius 2 is 1.62 bits per heavy atom. The number of hydrogen-bond acceptors (Lipinski definition) is 4. The molecular weight excluding hydrogens is 464 g/mol. The molecule has 2 aliphatic rings. The summed E-state index contributed by atoms with van der Waals surface area (Å²) in [4.78, 5) is 45.3. The Kier molecular flexibility index (Phi) is 8.85. The molecule has 7 heteroatoms. The predicted octanol–water partition coefficient (Wildman–Crippen LogP) is 4.75. The second kappa shape index (κ2) is 12.3. The maximum absolute atomic E-state index is 13.5. The lowest BCUT2D eigenvalue weighted by molar-refractivity contribution is -0.133. The highest BCUT2D eigenvalue weighted by atomic mass is 16.2. The first-order valence-electron chi connectivity index (χ1n) is 13.8. The first kappa shape index (κ1) is 26.7. The predicted molar refractivity (Wildman–Crippen MR) is 148 cm³/mol. The Bertz CT molecular complexity index is 1090. The van der Waals surface area contributed by atoms with Crippen molar-refractivity contribution in [3.63, 3.8) is 0 Å². The zero-order chi connectivity index (χ0) is 26.4. The Morgan fingerprint density at radius 1 is 0.946 bits per heavy atom. The normalized spacial score (nSPS) is 16.6. The van der Waals surface area contributed by atoms with E-state index in [9.17, 15) is 14.4 Å². The van der Waals surface area contributed by atoms with Crippen molar-refractivity contribution >= 4 is 29.1 Å². The molecule has 1 saturated carbocycles. The summed E-state index contributed by atoms with van der Waals surface area (Å²) in [5.41, 5.74) is 3.19. The van der Waals surface area contributed by atoms with Crippen molar-refractivity contribution in [3.05, 3.63) is 59.7 Å². The summed E-state index contributed by atoms with van der Waals surface area (Å²) in [6.07, 6.45) is 3.73. The largest absolute Gasteiger partial charge is 0.367 e. The number of hydrogen-bond donors (Lipinski definition) is 1. The first-order valence-corrected chi connectivity index (χ1v) is 13.8. The van der Waals surface area contributed by atoms with Crippen LogP contribution in [0.2, 0.25) is 0 Å². The molecule has 4 rings (SSSR count). The van der Waals surface area contributed by atoms with Crippen molar-refractivity contribution < 1.29 is 14.4 Å². The van der Waals surface area contributed by atoms with E-state index in [0.717, 1.165) is 36.9 Å². The van der Waals surface area contributed by atoms with Crippen LogP contribution < -0.4 is 10.2 Å². The number of piperazine rings is 1. The topological polar surface area (TPSA) is 73.0 Å². The van der Waals surface area contributed by atoms with Crippen LogP contribution in [0.5, 0.6) is 0 Å². The summed E-state index contributed by atoms with van der Waals surface area (Å²) >= 11 is 0. The first-order chi connectivity index (χ1) is 18.0. The second-order valence-electron chi connectivity index (χ2n) is 10.0. The summed E-state index contributed by atoms with van der Waals surface area (Å²) < 4.78 is 0. The van der Waals surface area contributed by atoms with Gasteiger partial charge in [-0.15, -0.1) is 0 Å². The highest BCUT2D eigenvalue weighted by Gasteiger charge is 2.30. The Morgan fingerprint density at radius 3 is 2.19 bits per heavy atom. The fourth-order valence-corrected chi connectivity index (χ4v) is 5.28. The Hall–Kier alpha value is -3.35. The molecule has 0 aromatic heterocycles. The molecule has 2 aromatic rings. The van der Waals surface area contributed by atoms with E-state index in [0.29, 0.717) is 50.5 Å². The number of carbonyl (C=O) groups excluding carboxylic acids is 3. The van der Waals surface area contributed by atoms with Crippen LogP contribution >= 0.6 is 0 Å². The fourth-order valence-electron chi connectivity index (χ4n) is 5.28. The van der Waals surface area contributed by atoms with Gasteiger partial charge in [0.2, 0.25) is 11.8 Å². The third kappa shape index (κ3) is 5.97. The molecule has 3 amide bonds. The van der Waals surface area contributed by atoms with Gasteiger partial charge in [0.25, 0.3) is 5.91 Å². The molecule has 1 aliphatic heterocycles. The van der Waals surface area contributed by atoms with Gasteiger partial charge in [-0.2, -0.15) is 0 Å². The number of rotatable bonds is 9. The zero-order valence-electron chi connectivity index (χ0n) is 22.4. The van der Waals surface area contributed by atoms with Gasteiger partial charge in [-0.05, 0) is 56.9 Å². The molecule has 2 fully saturated rings. The van der Waals surface area contributed by atoms with Gasteiger partial charge in [-0.3, -0.25) is 14.4 Å². The summed E-state index contributed by atoms with van der Waals surface area (Å²) in [7, 11) is 0. The molecule has 1 atom stereocenters. The van der Waals surface area contributed by atoms with E-state index in [-0.39, 0.29) is 29.6 Å². The van der Waals surface area contributed by atoms with Crippen molar-refractivity contribution in [1.29, 1.82) is 0 Å². The van der Waals surface area contributed by atoms with Gasteiger partial charge in [0.05, 0.1) is 11.5 Å². The molecule has 1 aliphatic carbocycles. The van der Waals surface area contributed by atoms with E-state index in [1.165, 1.54) is 0 Å². The molecule has 0 bridgehead atoms. The number of anilines is 2. The van der Waals surface area contributed by atoms with Crippen LogP contribution in [0, 0.1) is 5.92 Å². The van der Waals surface area contributed by atoms with E-state index in [1.807, 2.05) is 72.2 Å². The van der Waals surface area contributed by atoms with Gasteiger partial charge in [0, 0.05) is 56.6 Å². The summed E-state index contributed by atoms with van der Waals surface area (Å²) in [5.74, 6) is 0.118. The second-order valence-corrected chi connectivity index (χ2v) is 10.0. The number of benzene rings is 2. The zero-order valence-corrected chi connectivity index (χ0v) is 22.4.